The smallest absolute Gasteiger partial charge is 0.298 e. The Balaban J connectivity index is 1.40. The van der Waals surface area contributed by atoms with E-state index >= 15 is 0 Å². The molecule has 2 fully saturated rings. The number of fused-ring (bicyclic) bond motifs is 1. The molecule has 0 spiro atoms. The zero-order valence-corrected chi connectivity index (χ0v) is 14.6. The molecule has 0 unspecified atom stereocenters. The molecule has 1 aliphatic carbocycles. The van der Waals surface area contributed by atoms with Gasteiger partial charge < -0.3 is 14.2 Å². The average molecular weight is 348 g/mol. The number of carbonyl (C=O) groups excluding carboxylic acids is 1. The first-order valence-electron chi connectivity index (χ1n) is 8.69. The van der Waals surface area contributed by atoms with E-state index in [0.717, 1.165) is 49.9 Å². The van der Waals surface area contributed by atoms with Gasteiger partial charge in [-0.05, 0) is 37.8 Å². The third-order valence-corrected chi connectivity index (χ3v) is 5.66. The number of rotatable bonds is 3. The Bertz CT molecular complexity index is 748. The van der Waals surface area contributed by atoms with Gasteiger partial charge in [-0.2, -0.15) is 4.98 Å². The Labute approximate surface area is 146 Å². The number of hydrogen-bond acceptors (Lipinski definition) is 4. The van der Waals surface area contributed by atoms with E-state index in [1.807, 2.05) is 24.1 Å². The van der Waals surface area contributed by atoms with Crippen molar-refractivity contribution in [2.75, 3.05) is 25.0 Å². The Morgan fingerprint density at radius 3 is 2.71 bits per heavy atom. The SMILES string of the molecule is CN(C(=O)C1CCC1)C1CCN(c2nc3ccc(Cl)cc3o2)CC1. The van der Waals surface area contributed by atoms with Gasteiger partial charge in [0.15, 0.2) is 5.58 Å². The van der Waals surface area contributed by atoms with Crippen LogP contribution in [0.5, 0.6) is 0 Å². The molecule has 1 aromatic heterocycles. The molecule has 128 valence electrons. The van der Waals surface area contributed by atoms with Crippen molar-refractivity contribution >= 4 is 34.6 Å². The molecule has 0 atom stereocenters. The second-order valence-corrected chi connectivity index (χ2v) is 7.34. The van der Waals surface area contributed by atoms with Gasteiger partial charge in [0.1, 0.15) is 5.52 Å². The van der Waals surface area contributed by atoms with E-state index in [-0.39, 0.29) is 5.92 Å². The molecule has 5 nitrogen and oxygen atoms in total. The van der Waals surface area contributed by atoms with Crippen molar-refractivity contribution in [2.45, 2.75) is 38.1 Å². The third-order valence-electron chi connectivity index (χ3n) is 5.42. The van der Waals surface area contributed by atoms with Crippen LogP contribution in [0.3, 0.4) is 0 Å². The average Bonchev–Trinajstić information content (AvgIpc) is 2.95. The van der Waals surface area contributed by atoms with Gasteiger partial charge in [0, 0.05) is 43.2 Å². The number of amides is 1. The molecule has 2 aliphatic rings. The molecule has 0 radical (unpaired) electrons. The highest BCUT2D eigenvalue weighted by molar-refractivity contribution is 6.31. The van der Waals surface area contributed by atoms with Crippen molar-refractivity contribution in [3.8, 4) is 0 Å². The molecular weight excluding hydrogens is 326 g/mol. The van der Waals surface area contributed by atoms with Crippen molar-refractivity contribution in [1.82, 2.24) is 9.88 Å². The first-order chi connectivity index (χ1) is 11.6. The van der Waals surface area contributed by atoms with Gasteiger partial charge in [-0.1, -0.05) is 18.0 Å². The number of halogens is 1. The third kappa shape index (κ3) is 2.86. The molecule has 2 aromatic rings. The van der Waals surface area contributed by atoms with E-state index in [1.165, 1.54) is 6.42 Å². The molecule has 4 rings (SSSR count). The maximum atomic E-state index is 12.4. The lowest BCUT2D eigenvalue weighted by atomic mass is 9.84. The standard InChI is InChI=1S/C18H22ClN3O2/c1-21(17(23)12-3-2-4-12)14-7-9-22(10-8-14)18-20-15-6-5-13(19)11-16(15)24-18/h5-6,11-12,14H,2-4,7-10H2,1H3. The van der Waals surface area contributed by atoms with Crippen molar-refractivity contribution in [3.05, 3.63) is 23.2 Å². The molecule has 0 bridgehead atoms. The van der Waals surface area contributed by atoms with Crippen molar-refractivity contribution in [1.29, 1.82) is 0 Å². The van der Waals surface area contributed by atoms with Gasteiger partial charge in [0.25, 0.3) is 6.01 Å². The lowest BCUT2D eigenvalue weighted by Crippen LogP contribution is -2.48. The van der Waals surface area contributed by atoms with Crippen molar-refractivity contribution in [3.63, 3.8) is 0 Å². The van der Waals surface area contributed by atoms with Crippen molar-refractivity contribution < 1.29 is 9.21 Å². The summed E-state index contributed by atoms with van der Waals surface area (Å²) in [5.74, 6) is 0.603. The molecule has 1 saturated carbocycles. The summed E-state index contributed by atoms with van der Waals surface area (Å²) >= 11 is 6.00. The van der Waals surface area contributed by atoms with E-state index in [2.05, 4.69) is 9.88 Å². The highest BCUT2D eigenvalue weighted by Gasteiger charge is 2.33. The summed E-state index contributed by atoms with van der Waals surface area (Å²) < 4.78 is 5.85. The van der Waals surface area contributed by atoms with Crippen LogP contribution >= 0.6 is 11.6 Å². The van der Waals surface area contributed by atoms with Gasteiger partial charge in [0.2, 0.25) is 5.91 Å². The number of carbonyl (C=O) groups is 1. The van der Waals surface area contributed by atoms with E-state index in [9.17, 15) is 4.79 Å². The van der Waals surface area contributed by atoms with E-state index < -0.39 is 0 Å². The van der Waals surface area contributed by atoms with Crippen LogP contribution in [0.1, 0.15) is 32.1 Å². The van der Waals surface area contributed by atoms with Crippen LogP contribution in [0, 0.1) is 5.92 Å². The second kappa shape index (κ2) is 6.28. The summed E-state index contributed by atoms with van der Waals surface area (Å²) in [6.07, 6.45) is 5.23. The van der Waals surface area contributed by atoms with E-state index in [4.69, 9.17) is 16.0 Å². The summed E-state index contributed by atoms with van der Waals surface area (Å²) in [7, 11) is 1.96. The van der Waals surface area contributed by atoms with Crippen LogP contribution in [0.15, 0.2) is 22.6 Å². The maximum absolute atomic E-state index is 12.4. The van der Waals surface area contributed by atoms with Crippen LogP contribution in [-0.2, 0) is 4.79 Å². The highest BCUT2D eigenvalue weighted by Crippen LogP contribution is 2.31. The van der Waals surface area contributed by atoms with Crippen LogP contribution in [0.2, 0.25) is 5.02 Å². The molecule has 1 aliphatic heterocycles. The van der Waals surface area contributed by atoms with Crippen LogP contribution in [0.4, 0.5) is 6.01 Å². The number of anilines is 1. The fourth-order valence-corrected chi connectivity index (χ4v) is 3.75. The number of hydrogen-bond donors (Lipinski definition) is 0. The minimum Gasteiger partial charge on any atom is -0.423 e. The molecule has 0 N–H and O–H groups in total. The summed E-state index contributed by atoms with van der Waals surface area (Å²) in [4.78, 5) is 21.1. The number of piperidine rings is 1. The zero-order valence-electron chi connectivity index (χ0n) is 13.9. The lowest BCUT2D eigenvalue weighted by molar-refractivity contribution is -0.139. The minimum absolute atomic E-state index is 0.273. The van der Waals surface area contributed by atoms with Crippen LogP contribution < -0.4 is 4.90 Å². The van der Waals surface area contributed by atoms with E-state index in [0.29, 0.717) is 23.0 Å². The van der Waals surface area contributed by atoms with Gasteiger partial charge >= 0.3 is 0 Å². The predicted octanol–water partition coefficient (Wildman–Crippen LogP) is 3.71. The number of aromatic nitrogens is 1. The lowest BCUT2D eigenvalue weighted by Gasteiger charge is -2.38. The van der Waals surface area contributed by atoms with Crippen LogP contribution in [0.25, 0.3) is 11.1 Å². The van der Waals surface area contributed by atoms with Gasteiger partial charge in [-0.15, -0.1) is 0 Å². The maximum Gasteiger partial charge on any atom is 0.298 e. The molecule has 2 heterocycles. The van der Waals surface area contributed by atoms with Crippen LogP contribution in [-0.4, -0.2) is 42.0 Å². The van der Waals surface area contributed by atoms with Gasteiger partial charge in [-0.3, -0.25) is 4.79 Å². The number of benzene rings is 1. The topological polar surface area (TPSA) is 49.6 Å². The Morgan fingerprint density at radius 2 is 2.04 bits per heavy atom. The monoisotopic (exact) mass is 347 g/mol. The predicted molar refractivity (Wildman–Crippen MR) is 94.4 cm³/mol. The highest BCUT2D eigenvalue weighted by atomic mass is 35.5. The summed E-state index contributed by atoms with van der Waals surface area (Å²) in [5, 5.41) is 0.653. The summed E-state index contributed by atoms with van der Waals surface area (Å²) in [5.41, 5.74) is 1.55. The number of nitrogens with zero attached hydrogens (tertiary/aromatic N) is 3. The Kier molecular flexibility index (Phi) is 4.12. The molecular formula is C18H22ClN3O2. The fraction of sp³-hybridized carbons (Fsp3) is 0.556. The summed E-state index contributed by atoms with van der Waals surface area (Å²) in [6, 6.07) is 6.48. The number of oxazole rings is 1. The largest absolute Gasteiger partial charge is 0.423 e. The van der Waals surface area contributed by atoms with Gasteiger partial charge in [-0.25, -0.2) is 0 Å². The zero-order chi connectivity index (χ0) is 16.7. The van der Waals surface area contributed by atoms with Gasteiger partial charge in [0.05, 0.1) is 0 Å². The fourth-order valence-electron chi connectivity index (χ4n) is 3.59. The first kappa shape index (κ1) is 15.8. The first-order valence-corrected chi connectivity index (χ1v) is 9.07. The summed E-state index contributed by atoms with van der Waals surface area (Å²) in [6.45, 7) is 1.71. The normalized spacial score (nSPS) is 19.5. The van der Waals surface area contributed by atoms with Crippen molar-refractivity contribution in [2.24, 2.45) is 5.92 Å². The Morgan fingerprint density at radius 1 is 1.29 bits per heavy atom. The molecule has 1 amide bonds. The second-order valence-electron chi connectivity index (χ2n) is 6.90. The molecule has 6 heteroatoms. The minimum atomic E-state index is 0.273. The molecule has 24 heavy (non-hydrogen) atoms. The Hall–Kier alpha value is -1.75. The molecule has 1 aromatic carbocycles. The quantitative estimate of drug-likeness (QED) is 0.849. The molecule has 1 saturated heterocycles. The van der Waals surface area contributed by atoms with E-state index in [1.54, 1.807) is 6.07 Å².